The highest BCUT2D eigenvalue weighted by Gasteiger charge is 2.52. The van der Waals surface area contributed by atoms with Crippen molar-refractivity contribution < 1.29 is 33.3 Å². The van der Waals surface area contributed by atoms with Crippen LogP contribution < -0.4 is 0 Å². The van der Waals surface area contributed by atoms with E-state index in [0.29, 0.717) is 5.41 Å². The predicted molar refractivity (Wildman–Crippen MR) is 119 cm³/mol. The van der Waals surface area contributed by atoms with Crippen LogP contribution >= 0.6 is 11.8 Å². The fourth-order valence-corrected chi connectivity index (χ4v) is 8.53. The van der Waals surface area contributed by atoms with E-state index in [4.69, 9.17) is 18.9 Å². The first-order valence-corrected chi connectivity index (χ1v) is 13.0. The van der Waals surface area contributed by atoms with Crippen molar-refractivity contribution in [2.24, 2.45) is 23.2 Å². The molecule has 4 bridgehead atoms. The van der Waals surface area contributed by atoms with E-state index in [1.807, 2.05) is 0 Å². The van der Waals surface area contributed by atoms with Gasteiger partial charge in [-0.25, -0.2) is 0 Å². The first-order chi connectivity index (χ1) is 15.1. The molecule has 1 aliphatic heterocycles. The maximum Gasteiger partial charge on any atom is 0.303 e. The lowest BCUT2D eigenvalue weighted by atomic mass is 9.49. The number of hydrogen-bond acceptors (Lipinski definition) is 8. The summed E-state index contributed by atoms with van der Waals surface area (Å²) in [5, 5.41) is 0. The predicted octanol–water partition coefficient (Wildman–Crippen LogP) is 3.87. The third kappa shape index (κ3) is 5.27. The summed E-state index contributed by atoms with van der Waals surface area (Å²) in [4.78, 5) is 35.3. The Hall–Kier alpha value is -1.28. The average molecular weight is 469 g/mol. The number of hydrogen-bond donors (Lipinski definition) is 0. The zero-order valence-corrected chi connectivity index (χ0v) is 20.4. The molecule has 0 aromatic rings. The van der Waals surface area contributed by atoms with E-state index in [1.165, 1.54) is 59.3 Å². The van der Waals surface area contributed by atoms with Crippen LogP contribution in [0.1, 0.15) is 72.6 Å². The van der Waals surface area contributed by atoms with Crippen LogP contribution in [0.5, 0.6) is 0 Å². The van der Waals surface area contributed by atoms with Crippen molar-refractivity contribution in [3.8, 4) is 0 Å². The van der Waals surface area contributed by atoms with Gasteiger partial charge in [-0.1, -0.05) is 0 Å². The Labute approximate surface area is 194 Å². The zero-order valence-electron chi connectivity index (χ0n) is 19.5. The third-order valence-electron chi connectivity index (χ3n) is 7.71. The molecule has 1 heterocycles. The quantitative estimate of drug-likeness (QED) is 0.411. The molecule has 5 rings (SSSR count). The topological polar surface area (TPSA) is 88.1 Å². The van der Waals surface area contributed by atoms with Crippen LogP contribution in [0.25, 0.3) is 0 Å². The second-order valence-corrected chi connectivity index (χ2v) is 11.7. The molecular formula is C24H36O7S. The van der Waals surface area contributed by atoms with E-state index in [-0.39, 0.29) is 0 Å². The maximum absolute atomic E-state index is 11.9. The van der Waals surface area contributed by atoms with Crippen LogP contribution in [0.15, 0.2) is 0 Å². The van der Waals surface area contributed by atoms with Gasteiger partial charge in [0, 0.05) is 20.8 Å². The van der Waals surface area contributed by atoms with Gasteiger partial charge in [-0.2, -0.15) is 0 Å². The van der Waals surface area contributed by atoms with E-state index in [9.17, 15) is 14.4 Å². The fourth-order valence-electron chi connectivity index (χ4n) is 7.09. The summed E-state index contributed by atoms with van der Waals surface area (Å²) < 4.78 is 22.7. The minimum absolute atomic E-state index is 0.453. The summed E-state index contributed by atoms with van der Waals surface area (Å²) in [6.07, 6.45) is 6.38. The van der Waals surface area contributed by atoms with Crippen molar-refractivity contribution in [3.63, 3.8) is 0 Å². The normalized spacial score (nSPS) is 42.4. The molecular weight excluding hydrogens is 432 g/mol. The van der Waals surface area contributed by atoms with Crippen molar-refractivity contribution in [2.45, 2.75) is 102 Å². The van der Waals surface area contributed by atoms with Gasteiger partial charge in [0.2, 0.25) is 0 Å². The molecule has 4 saturated carbocycles. The van der Waals surface area contributed by atoms with Crippen molar-refractivity contribution >= 4 is 29.7 Å². The molecule has 180 valence electrons. The van der Waals surface area contributed by atoms with Gasteiger partial charge in [-0.05, 0) is 80.8 Å². The first-order valence-electron chi connectivity index (χ1n) is 11.9. The first kappa shape index (κ1) is 23.9. The second-order valence-electron chi connectivity index (χ2n) is 10.5. The summed E-state index contributed by atoms with van der Waals surface area (Å²) in [5.74, 6) is 2.11. The highest BCUT2D eigenvalue weighted by Crippen LogP contribution is 2.61. The number of ether oxygens (including phenoxy) is 4. The Kier molecular flexibility index (Phi) is 7.11. The van der Waals surface area contributed by atoms with Gasteiger partial charge in [-0.3, -0.25) is 14.4 Å². The van der Waals surface area contributed by atoms with Crippen molar-refractivity contribution in [1.82, 2.24) is 0 Å². The van der Waals surface area contributed by atoms with E-state index < -0.39 is 47.8 Å². The molecule has 1 saturated heterocycles. The minimum atomic E-state index is -0.902. The second kappa shape index (κ2) is 9.53. The molecule has 32 heavy (non-hydrogen) atoms. The van der Waals surface area contributed by atoms with Gasteiger partial charge >= 0.3 is 17.9 Å². The molecule has 4 aliphatic carbocycles. The van der Waals surface area contributed by atoms with E-state index in [2.05, 4.69) is 0 Å². The number of thioether (sulfide) groups is 1. The molecule has 0 unspecified atom stereocenters. The van der Waals surface area contributed by atoms with Crippen molar-refractivity contribution in [2.75, 3.05) is 5.75 Å². The summed E-state index contributed by atoms with van der Waals surface area (Å²) in [5.41, 5.74) is -0.0342. The largest absolute Gasteiger partial charge is 0.456 e. The monoisotopic (exact) mass is 468 g/mol. The standard InChI is InChI=1S/C24H36O7S/c1-13-20(29-14(2)25)21(30-15(3)26)22(31-16(4)27)23(28-13)32-6-5-24-10-17-7-18(11-24)9-19(8-17)12-24/h13,17-23H,5-12H2,1-4H3/t13-,17?,18?,19?,20+,21+,22-,23+,24?/m0/s1. The highest BCUT2D eigenvalue weighted by molar-refractivity contribution is 7.99. The third-order valence-corrected chi connectivity index (χ3v) is 8.86. The molecule has 0 spiro atoms. The van der Waals surface area contributed by atoms with E-state index in [1.54, 1.807) is 18.7 Å². The van der Waals surface area contributed by atoms with Crippen LogP contribution in [0.3, 0.4) is 0 Å². The van der Waals surface area contributed by atoms with E-state index >= 15 is 0 Å². The Morgan fingerprint density at radius 2 is 1.28 bits per heavy atom. The van der Waals surface area contributed by atoms with Crippen LogP contribution in [-0.4, -0.2) is 53.5 Å². The van der Waals surface area contributed by atoms with Crippen LogP contribution in [0.2, 0.25) is 0 Å². The lowest BCUT2D eigenvalue weighted by Crippen LogP contribution is -2.59. The van der Waals surface area contributed by atoms with Crippen molar-refractivity contribution in [3.05, 3.63) is 0 Å². The smallest absolute Gasteiger partial charge is 0.303 e. The van der Waals surface area contributed by atoms with Gasteiger partial charge in [0.1, 0.15) is 5.44 Å². The number of rotatable bonds is 7. The molecule has 5 atom stereocenters. The van der Waals surface area contributed by atoms with Crippen molar-refractivity contribution in [1.29, 1.82) is 0 Å². The highest BCUT2D eigenvalue weighted by atomic mass is 32.2. The lowest BCUT2D eigenvalue weighted by molar-refractivity contribution is -0.229. The van der Waals surface area contributed by atoms with Crippen LogP contribution in [0.4, 0.5) is 0 Å². The van der Waals surface area contributed by atoms with E-state index in [0.717, 1.165) is 29.9 Å². The van der Waals surface area contributed by atoms with Gasteiger partial charge < -0.3 is 18.9 Å². The van der Waals surface area contributed by atoms with Crippen LogP contribution in [0, 0.1) is 23.2 Å². The molecule has 7 nitrogen and oxygen atoms in total. The number of carbonyl (C=O) groups excluding carboxylic acids is 3. The Balaban J connectivity index is 1.44. The summed E-state index contributed by atoms with van der Waals surface area (Å²) in [6, 6.07) is 0. The molecule has 8 heteroatoms. The molecule has 0 radical (unpaired) electrons. The van der Waals surface area contributed by atoms with Gasteiger partial charge in [0.25, 0.3) is 0 Å². The molecule has 0 N–H and O–H groups in total. The summed E-state index contributed by atoms with van der Waals surface area (Å²) >= 11 is 1.62. The van der Waals surface area contributed by atoms with Gasteiger partial charge in [0.15, 0.2) is 18.3 Å². The Morgan fingerprint density at radius 3 is 1.78 bits per heavy atom. The summed E-state index contributed by atoms with van der Waals surface area (Å²) in [7, 11) is 0. The fraction of sp³-hybridized carbons (Fsp3) is 0.875. The number of carbonyl (C=O) groups is 3. The molecule has 5 fully saturated rings. The summed E-state index contributed by atoms with van der Waals surface area (Å²) in [6.45, 7) is 5.71. The van der Waals surface area contributed by atoms with Gasteiger partial charge in [0.05, 0.1) is 6.10 Å². The maximum atomic E-state index is 11.9. The number of esters is 3. The zero-order chi connectivity index (χ0) is 23.0. The SMILES string of the molecule is CC(=O)O[C@@H]1[C@H](OC(C)=O)[C@H](C)O[C@H](SCCC23CC4CC(CC(C4)C2)C3)[C@H]1OC(C)=O. The Morgan fingerprint density at radius 1 is 0.812 bits per heavy atom. The average Bonchev–Trinajstić information content (AvgIpc) is 2.65. The molecule has 0 amide bonds. The minimum Gasteiger partial charge on any atom is -0.456 e. The van der Waals surface area contributed by atoms with Gasteiger partial charge in [-0.15, -0.1) is 11.8 Å². The molecule has 0 aromatic carbocycles. The lowest BCUT2D eigenvalue weighted by Gasteiger charge is -2.57. The Bertz CT molecular complexity index is 703. The molecule has 0 aromatic heterocycles. The van der Waals surface area contributed by atoms with Crippen LogP contribution in [-0.2, 0) is 33.3 Å². The molecule has 5 aliphatic rings.